The first kappa shape index (κ1) is 21.9. The molecule has 160 valence electrons. The number of rotatable bonds is 5. The summed E-state index contributed by atoms with van der Waals surface area (Å²) in [5, 5.41) is 11.4. The van der Waals surface area contributed by atoms with Crippen molar-refractivity contribution in [3.8, 4) is 6.07 Å². The molecule has 11 nitrogen and oxygen atoms in total. The minimum Gasteiger partial charge on any atom is -0.324 e. The van der Waals surface area contributed by atoms with E-state index in [2.05, 4.69) is 10.3 Å². The zero-order chi connectivity index (χ0) is 22.9. The molecule has 2 aromatic heterocycles. The molecule has 2 heterocycles. The second kappa shape index (κ2) is 8.13. The molecule has 31 heavy (non-hydrogen) atoms. The average Bonchev–Trinajstić information content (AvgIpc) is 2.76. The first-order valence-electron chi connectivity index (χ1n) is 8.88. The molecule has 0 saturated heterocycles. The molecule has 1 amide bonds. The Kier molecular flexibility index (Phi) is 5.74. The van der Waals surface area contributed by atoms with Crippen LogP contribution >= 0.6 is 0 Å². The van der Waals surface area contributed by atoms with Gasteiger partial charge in [0.15, 0.2) is 0 Å². The highest BCUT2D eigenvalue weighted by molar-refractivity contribution is 7.89. The van der Waals surface area contributed by atoms with Crippen molar-refractivity contribution in [2.24, 2.45) is 14.1 Å². The van der Waals surface area contributed by atoms with Crippen molar-refractivity contribution in [3.05, 3.63) is 62.9 Å². The van der Waals surface area contributed by atoms with Crippen LogP contribution in [0.2, 0.25) is 0 Å². The van der Waals surface area contributed by atoms with Crippen LogP contribution in [0, 0.1) is 11.3 Å². The van der Waals surface area contributed by atoms with E-state index in [9.17, 15) is 22.8 Å². The Hall–Kier alpha value is -3.82. The minimum absolute atomic E-state index is 0.0569. The van der Waals surface area contributed by atoms with E-state index in [1.165, 1.54) is 62.2 Å². The van der Waals surface area contributed by atoms with Crippen molar-refractivity contribution < 1.29 is 13.2 Å². The number of nitrogens with zero attached hydrogens (tertiary/aromatic N) is 5. The van der Waals surface area contributed by atoms with Gasteiger partial charge in [0, 0.05) is 21.1 Å². The predicted octanol–water partition coefficient (Wildman–Crippen LogP) is -0.237. The number of nitriles is 1. The van der Waals surface area contributed by atoms with Crippen molar-refractivity contribution in [2.75, 3.05) is 18.9 Å². The van der Waals surface area contributed by atoms with Gasteiger partial charge in [-0.15, -0.1) is 0 Å². The van der Waals surface area contributed by atoms with Crippen LogP contribution in [0.1, 0.15) is 5.56 Å². The Balaban J connectivity index is 1.81. The molecule has 0 radical (unpaired) electrons. The van der Waals surface area contributed by atoms with E-state index in [1.54, 1.807) is 0 Å². The molecule has 0 aliphatic heterocycles. The third-order valence-corrected chi connectivity index (χ3v) is 6.45. The van der Waals surface area contributed by atoms with Crippen molar-refractivity contribution in [2.45, 2.75) is 4.90 Å². The summed E-state index contributed by atoms with van der Waals surface area (Å²) >= 11 is 0. The summed E-state index contributed by atoms with van der Waals surface area (Å²) in [5.74, 6) is -0.650. The Morgan fingerprint density at radius 2 is 1.84 bits per heavy atom. The molecule has 3 aromatic rings. The Labute approximate surface area is 176 Å². The third-order valence-electron chi connectivity index (χ3n) is 4.63. The van der Waals surface area contributed by atoms with Gasteiger partial charge in [-0.25, -0.2) is 18.2 Å². The summed E-state index contributed by atoms with van der Waals surface area (Å²) in [6.07, 6.45) is 1.27. The van der Waals surface area contributed by atoms with Crippen molar-refractivity contribution in [3.63, 3.8) is 0 Å². The zero-order valence-corrected chi connectivity index (χ0v) is 17.7. The van der Waals surface area contributed by atoms with Crippen molar-refractivity contribution in [1.82, 2.24) is 18.4 Å². The van der Waals surface area contributed by atoms with Gasteiger partial charge in [0.25, 0.3) is 5.56 Å². The van der Waals surface area contributed by atoms with Crippen molar-refractivity contribution in [1.29, 1.82) is 5.26 Å². The SMILES string of the molecule is CN(CC(=O)Nc1cnc2c(c1)c(=O)n(C)c(=O)n2C)S(=O)(=O)c1ccc(C#N)cc1. The Morgan fingerprint density at radius 3 is 2.45 bits per heavy atom. The lowest BCUT2D eigenvalue weighted by Gasteiger charge is -2.17. The number of anilines is 1. The van der Waals surface area contributed by atoms with E-state index in [0.717, 1.165) is 8.87 Å². The zero-order valence-electron chi connectivity index (χ0n) is 16.9. The molecule has 0 aliphatic carbocycles. The molecule has 0 bridgehead atoms. The molecule has 3 rings (SSSR count). The van der Waals surface area contributed by atoms with Gasteiger partial charge in [0.2, 0.25) is 15.9 Å². The van der Waals surface area contributed by atoms with Crippen LogP contribution in [0.5, 0.6) is 0 Å². The molecular formula is C19H18N6O5S. The number of pyridine rings is 1. The van der Waals surface area contributed by atoms with Gasteiger partial charge in [-0.05, 0) is 30.3 Å². The molecule has 12 heteroatoms. The Morgan fingerprint density at radius 1 is 1.19 bits per heavy atom. The first-order valence-corrected chi connectivity index (χ1v) is 10.3. The average molecular weight is 442 g/mol. The van der Waals surface area contributed by atoms with Crippen LogP contribution in [-0.2, 0) is 28.9 Å². The van der Waals surface area contributed by atoms with Crippen LogP contribution in [0.25, 0.3) is 11.0 Å². The predicted molar refractivity (Wildman–Crippen MR) is 112 cm³/mol. The smallest absolute Gasteiger partial charge is 0.324 e. The molecule has 0 atom stereocenters. The first-order chi connectivity index (χ1) is 14.6. The van der Waals surface area contributed by atoms with Gasteiger partial charge in [0.05, 0.1) is 40.3 Å². The number of aryl methyl sites for hydroxylation is 1. The highest BCUT2D eigenvalue weighted by Crippen LogP contribution is 2.16. The number of carbonyl (C=O) groups is 1. The van der Waals surface area contributed by atoms with Crippen LogP contribution in [0.4, 0.5) is 5.69 Å². The lowest BCUT2D eigenvalue weighted by atomic mass is 10.2. The maximum atomic E-state index is 12.6. The molecular weight excluding hydrogens is 424 g/mol. The van der Waals surface area contributed by atoms with E-state index in [0.29, 0.717) is 5.56 Å². The third kappa shape index (κ3) is 4.09. The molecule has 0 spiro atoms. The highest BCUT2D eigenvalue weighted by Gasteiger charge is 2.23. The summed E-state index contributed by atoms with van der Waals surface area (Å²) in [4.78, 5) is 40.7. The lowest BCUT2D eigenvalue weighted by molar-refractivity contribution is -0.116. The van der Waals surface area contributed by atoms with Gasteiger partial charge in [-0.1, -0.05) is 0 Å². The van der Waals surface area contributed by atoms with Gasteiger partial charge in [-0.3, -0.25) is 18.7 Å². The van der Waals surface area contributed by atoms with Gasteiger partial charge >= 0.3 is 5.69 Å². The van der Waals surface area contributed by atoms with E-state index >= 15 is 0 Å². The summed E-state index contributed by atoms with van der Waals surface area (Å²) in [5.41, 5.74) is -0.450. The topological polar surface area (TPSA) is 147 Å². The number of benzene rings is 1. The van der Waals surface area contributed by atoms with E-state index in [1.807, 2.05) is 6.07 Å². The molecule has 0 unspecified atom stereocenters. The monoisotopic (exact) mass is 442 g/mol. The number of sulfonamides is 1. The number of hydrogen-bond acceptors (Lipinski definition) is 7. The van der Waals surface area contributed by atoms with E-state index in [-0.39, 0.29) is 21.6 Å². The maximum absolute atomic E-state index is 12.6. The normalized spacial score (nSPS) is 11.5. The number of likely N-dealkylation sites (N-methyl/N-ethyl adjacent to an activating group) is 1. The summed E-state index contributed by atoms with van der Waals surface area (Å²) in [6.45, 7) is -0.494. The molecule has 0 fully saturated rings. The fourth-order valence-electron chi connectivity index (χ4n) is 2.90. The molecule has 0 saturated carbocycles. The quantitative estimate of drug-likeness (QED) is 0.574. The minimum atomic E-state index is -3.95. The number of hydrogen-bond donors (Lipinski definition) is 1. The Bertz CT molecular complexity index is 1450. The fourth-order valence-corrected chi connectivity index (χ4v) is 4.03. The molecule has 1 aromatic carbocycles. The summed E-state index contributed by atoms with van der Waals surface area (Å²) in [6, 6.07) is 8.59. The van der Waals surface area contributed by atoms with E-state index in [4.69, 9.17) is 5.26 Å². The standard InChI is InChI=1S/C19H18N6O5S/c1-23(31(29,30)14-6-4-12(9-20)5-7-14)11-16(26)22-13-8-15-17(21-10-13)24(2)19(28)25(3)18(15)27/h4-8,10H,11H2,1-3H3,(H,22,26). The largest absolute Gasteiger partial charge is 0.332 e. The second-order valence-corrected chi connectivity index (χ2v) is 8.79. The van der Waals surface area contributed by atoms with Gasteiger partial charge in [0.1, 0.15) is 5.65 Å². The molecule has 0 aliphatic rings. The van der Waals surface area contributed by atoms with Crippen LogP contribution in [-0.4, -0.2) is 46.3 Å². The summed E-state index contributed by atoms with van der Waals surface area (Å²) < 4.78 is 28.2. The van der Waals surface area contributed by atoms with Crippen LogP contribution < -0.4 is 16.6 Å². The van der Waals surface area contributed by atoms with Crippen molar-refractivity contribution >= 4 is 32.7 Å². The number of amides is 1. The number of carbonyl (C=O) groups excluding carboxylic acids is 1. The van der Waals surface area contributed by atoms with E-state index < -0.39 is 33.7 Å². The number of aromatic nitrogens is 3. The fraction of sp³-hybridized carbons (Fsp3) is 0.211. The summed E-state index contributed by atoms with van der Waals surface area (Å²) in [7, 11) is 0.0969. The van der Waals surface area contributed by atoms with Gasteiger partial charge in [-0.2, -0.15) is 9.57 Å². The maximum Gasteiger partial charge on any atom is 0.332 e. The number of fused-ring (bicyclic) bond motifs is 1. The molecule has 1 N–H and O–H groups in total. The van der Waals surface area contributed by atoms with Crippen LogP contribution in [0.15, 0.2) is 51.0 Å². The van der Waals surface area contributed by atoms with Crippen LogP contribution in [0.3, 0.4) is 0 Å². The van der Waals surface area contributed by atoms with Gasteiger partial charge < -0.3 is 5.32 Å². The second-order valence-electron chi connectivity index (χ2n) is 6.75. The number of nitrogens with one attached hydrogen (secondary N) is 1. The lowest BCUT2D eigenvalue weighted by Crippen LogP contribution is -2.37. The highest BCUT2D eigenvalue weighted by atomic mass is 32.2.